The van der Waals surface area contributed by atoms with E-state index in [1.807, 2.05) is 0 Å². The Hall–Kier alpha value is -2.25. The Morgan fingerprint density at radius 2 is 1.86 bits per heavy atom. The van der Waals surface area contributed by atoms with Gasteiger partial charge in [0.2, 0.25) is 10.0 Å². The summed E-state index contributed by atoms with van der Waals surface area (Å²) in [7, 11) is -2.19. The minimum Gasteiger partial charge on any atom is -0.355 e. The Kier molecular flexibility index (Phi) is 4.89. The monoisotopic (exact) mass is 319 g/mol. The Morgan fingerprint density at radius 1 is 1.18 bits per heavy atom. The van der Waals surface area contributed by atoms with Crippen molar-refractivity contribution in [3.05, 3.63) is 59.4 Å². The topological polar surface area (TPSA) is 88.2 Å². The molecular weight excluding hydrogens is 302 g/mol. The first-order valence-corrected chi connectivity index (χ1v) is 8.13. The zero-order chi connectivity index (χ0) is 16.2. The molecule has 1 heterocycles. The highest BCUT2D eigenvalue weighted by atomic mass is 32.2. The second-order valence-electron chi connectivity index (χ2n) is 4.74. The number of benzene rings is 1. The van der Waals surface area contributed by atoms with Crippen LogP contribution in [0.3, 0.4) is 0 Å². The van der Waals surface area contributed by atoms with E-state index in [0.717, 1.165) is 5.56 Å². The number of aromatic nitrogens is 1. The maximum absolute atomic E-state index is 12.3. The number of nitrogens with zero attached hydrogens (tertiary/aromatic N) is 1. The molecule has 0 fully saturated rings. The Balaban J connectivity index is 2.24. The number of carbonyl (C=O) groups excluding carboxylic acids is 1. The van der Waals surface area contributed by atoms with E-state index in [0.29, 0.717) is 11.1 Å². The molecule has 0 bridgehead atoms. The smallest absolute Gasteiger partial charge is 0.251 e. The minimum absolute atomic E-state index is 0.0609. The maximum Gasteiger partial charge on any atom is 0.251 e. The van der Waals surface area contributed by atoms with Crippen LogP contribution in [0.4, 0.5) is 0 Å². The molecule has 2 rings (SSSR count). The number of hydrogen-bond donors (Lipinski definition) is 2. The number of carbonyl (C=O) groups is 1. The van der Waals surface area contributed by atoms with Crippen LogP contribution in [0.15, 0.2) is 47.6 Å². The molecule has 7 heteroatoms. The summed E-state index contributed by atoms with van der Waals surface area (Å²) in [6.07, 6.45) is 3.19. The van der Waals surface area contributed by atoms with Gasteiger partial charge in [0, 0.05) is 31.5 Å². The second-order valence-corrected chi connectivity index (χ2v) is 6.50. The molecule has 0 aliphatic heterocycles. The molecule has 6 nitrogen and oxygen atoms in total. The normalized spacial score (nSPS) is 11.2. The van der Waals surface area contributed by atoms with Crippen LogP contribution in [0, 0.1) is 6.92 Å². The van der Waals surface area contributed by atoms with Gasteiger partial charge < -0.3 is 5.32 Å². The van der Waals surface area contributed by atoms with Gasteiger partial charge in [0.1, 0.15) is 0 Å². The van der Waals surface area contributed by atoms with E-state index < -0.39 is 10.0 Å². The summed E-state index contributed by atoms with van der Waals surface area (Å²) in [6, 6.07) is 7.94. The number of rotatable bonds is 5. The molecule has 22 heavy (non-hydrogen) atoms. The quantitative estimate of drug-likeness (QED) is 0.867. The molecule has 1 aromatic heterocycles. The third kappa shape index (κ3) is 3.69. The van der Waals surface area contributed by atoms with Gasteiger partial charge in [0.15, 0.2) is 0 Å². The minimum atomic E-state index is -3.69. The van der Waals surface area contributed by atoms with Crippen molar-refractivity contribution in [2.24, 2.45) is 0 Å². The lowest BCUT2D eigenvalue weighted by Crippen LogP contribution is -2.24. The van der Waals surface area contributed by atoms with Gasteiger partial charge in [-0.15, -0.1) is 0 Å². The largest absolute Gasteiger partial charge is 0.355 e. The molecule has 1 amide bonds. The summed E-state index contributed by atoms with van der Waals surface area (Å²) in [5.74, 6) is -0.316. The van der Waals surface area contributed by atoms with Gasteiger partial charge in [-0.25, -0.2) is 13.1 Å². The number of hydrogen-bond acceptors (Lipinski definition) is 4. The van der Waals surface area contributed by atoms with Crippen molar-refractivity contribution < 1.29 is 13.2 Å². The van der Waals surface area contributed by atoms with Gasteiger partial charge in [0.05, 0.1) is 4.90 Å². The summed E-state index contributed by atoms with van der Waals surface area (Å²) < 4.78 is 27.2. The van der Waals surface area contributed by atoms with Crippen molar-refractivity contribution in [1.82, 2.24) is 15.0 Å². The standard InChI is InChI=1S/C15H17N3O3S/c1-11-3-4-13(9-14(11)15(19)16-2)22(20,21)18-10-12-5-7-17-8-6-12/h3-9,18H,10H2,1-2H3,(H,16,19). The summed E-state index contributed by atoms with van der Waals surface area (Å²) in [5.41, 5.74) is 1.86. The first-order chi connectivity index (χ1) is 10.4. The molecule has 0 spiro atoms. The van der Waals surface area contributed by atoms with Crippen LogP contribution >= 0.6 is 0 Å². The van der Waals surface area contributed by atoms with Gasteiger partial charge >= 0.3 is 0 Å². The first kappa shape index (κ1) is 16.1. The van der Waals surface area contributed by atoms with E-state index in [1.165, 1.54) is 19.2 Å². The molecule has 0 saturated heterocycles. The second kappa shape index (κ2) is 6.67. The summed E-state index contributed by atoms with van der Waals surface area (Å²) in [6.45, 7) is 1.92. The van der Waals surface area contributed by atoms with Crippen LogP contribution < -0.4 is 10.0 Å². The molecule has 0 aliphatic rings. The fourth-order valence-electron chi connectivity index (χ4n) is 1.91. The van der Waals surface area contributed by atoms with E-state index in [2.05, 4.69) is 15.0 Å². The lowest BCUT2D eigenvalue weighted by atomic mass is 10.1. The Morgan fingerprint density at radius 3 is 2.50 bits per heavy atom. The molecular formula is C15H17N3O3S. The number of aryl methyl sites for hydroxylation is 1. The Bertz CT molecular complexity index is 774. The fraction of sp³-hybridized carbons (Fsp3) is 0.200. The van der Waals surface area contributed by atoms with Crippen molar-refractivity contribution in [2.75, 3.05) is 7.05 Å². The van der Waals surface area contributed by atoms with Crippen LogP contribution in [0.5, 0.6) is 0 Å². The van der Waals surface area contributed by atoms with Crippen molar-refractivity contribution >= 4 is 15.9 Å². The third-order valence-electron chi connectivity index (χ3n) is 3.21. The van der Waals surface area contributed by atoms with Gasteiger partial charge in [-0.2, -0.15) is 0 Å². The lowest BCUT2D eigenvalue weighted by Gasteiger charge is -2.10. The van der Waals surface area contributed by atoms with Gasteiger partial charge in [-0.3, -0.25) is 9.78 Å². The van der Waals surface area contributed by atoms with Crippen molar-refractivity contribution in [2.45, 2.75) is 18.4 Å². The molecule has 2 aromatic rings. The number of nitrogens with one attached hydrogen (secondary N) is 2. The molecule has 1 aromatic carbocycles. The predicted molar refractivity (Wildman–Crippen MR) is 82.8 cm³/mol. The van der Waals surface area contributed by atoms with E-state index in [4.69, 9.17) is 0 Å². The summed E-state index contributed by atoms with van der Waals surface area (Å²) in [4.78, 5) is 15.7. The highest BCUT2D eigenvalue weighted by Crippen LogP contribution is 2.16. The number of amides is 1. The molecule has 0 aliphatic carbocycles. The van der Waals surface area contributed by atoms with Crippen molar-refractivity contribution in [1.29, 1.82) is 0 Å². The van der Waals surface area contributed by atoms with Crippen LogP contribution in [-0.2, 0) is 16.6 Å². The highest BCUT2D eigenvalue weighted by Gasteiger charge is 2.17. The first-order valence-electron chi connectivity index (χ1n) is 6.65. The molecule has 0 atom stereocenters. The van der Waals surface area contributed by atoms with Crippen LogP contribution in [0.1, 0.15) is 21.5 Å². The van der Waals surface area contributed by atoms with Crippen molar-refractivity contribution in [3.8, 4) is 0 Å². The van der Waals surface area contributed by atoms with Crippen LogP contribution in [0.2, 0.25) is 0 Å². The summed E-state index contributed by atoms with van der Waals surface area (Å²) >= 11 is 0. The fourth-order valence-corrected chi connectivity index (χ4v) is 2.95. The van der Waals surface area contributed by atoms with Gasteiger partial charge in [0.25, 0.3) is 5.91 Å². The molecule has 0 saturated carbocycles. The third-order valence-corrected chi connectivity index (χ3v) is 4.61. The molecule has 0 unspecified atom stereocenters. The molecule has 0 radical (unpaired) electrons. The average Bonchev–Trinajstić information content (AvgIpc) is 2.53. The highest BCUT2D eigenvalue weighted by molar-refractivity contribution is 7.89. The maximum atomic E-state index is 12.3. The number of sulfonamides is 1. The van der Waals surface area contributed by atoms with Crippen LogP contribution in [0.25, 0.3) is 0 Å². The van der Waals surface area contributed by atoms with E-state index in [9.17, 15) is 13.2 Å². The van der Waals surface area contributed by atoms with E-state index in [-0.39, 0.29) is 17.3 Å². The predicted octanol–water partition coefficient (Wildman–Crippen LogP) is 1.23. The van der Waals surface area contributed by atoms with E-state index >= 15 is 0 Å². The summed E-state index contributed by atoms with van der Waals surface area (Å²) in [5, 5.41) is 2.50. The molecule has 2 N–H and O–H groups in total. The van der Waals surface area contributed by atoms with Gasteiger partial charge in [-0.1, -0.05) is 6.07 Å². The Labute approximate surface area is 129 Å². The lowest BCUT2D eigenvalue weighted by molar-refractivity contribution is 0.0962. The number of pyridine rings is 1. The molecule has 116 valence electrons. The van der Waals surface area contributed by atoms with Crippen LogP contribution in [-0.4, -0.2) is 26.4 Å². The van der Waals surface area contributed by atoms with E-state index in [1.54, 1.807) is 37.5 Å². The zero-order valence-corrected chi connectivity index (χ0v) is 13.1. The zero-order valence-electron chi connectivity index (χ0n) is 12.3. The average molecular weight is 319 g/mol. The SMILES string of the molecule is CNC(=O)c1cc(S(=O)(=O)NCc2ccncc2)ccc1C. The van der Waals surface area contributed by atoms with Crippen molar-refractivity contribution in [3.63, 3.8) is 0 Å². The van der Waals surface area contributed by atoms with Gasteiger partial charge in [-0.05, 0) is 42.3 Å².